The molecule has 1 heterocycles. The summed E-state index contributed by atoms with van der Waals surface area (Å²) in [4.78, 5) is 1.95. The molecular formula is C14H21BINO2. The van der Waals surface area contributed by atoms with Gasteiger partial charge in [0.05, 0.1) is 0 Å². The molecule has 0 spiro atoms. The summed E-state index contributed by atoms with van der Waals surface area (Å²) in [6.07, 6.45) is 1.07. The first kappa shape index (κ1) is 15.3. The molecule has 0 amide bonds. The third-order valence-corrected chi connectivity index (χ3v) is 4.36. The Kier molecular flexibility index (Phi) is 4.92. The average molecular weight is 373 g/mol. The number of hydrogen-bond acceptors (Lipinski definition) is 3. The predicted molar refractivity (Wildman–Crippen MR) is 87.3 cm³/mol. The fourth-order valence-electron chi connectivity index (χ4n) is 2.36. The van der Waals surface area contributed by atoms with E-state index in [1.54, 1.807) is 0 Å². The van der Waals surface area contributed by atoms with Crippen LogP contribution < -0.4 is 0 Å². The summed E-state index contributed by atoms with van der Waals surface area (Å²) in [5.74, 6) is 0. The van der Waals surface area contributed by atoms with Crippen molar-refractivity contribution >= 4 is 29.6 Å². The molecule has 2 rings (SSSR count). The van der Waals surface area contributed by atoms with Gasteiger partial charge in [0.2, 0.25) is 0 Å². The van der Waals surface area contributed by atoms with Crippen molar-refractivity contribution in [3.8, 4) is 0 Å². The second-order valence-electron chi connectivity index (χ2n) is 5.82. The molecular weight excluding hydrogens is 352 g/mol. The smallest absolute Gasteiger partial charge is 0.387 e. The first-order valence-corrected chi connectivity index (χ1v) is 8.16. The van der Waals surface area contributed by atoms with Crippen LogP contribution in [0.1, 0.15) is 31.9 Å². The van der Waals surface area contributed by atoms with Crippen LogP contribution in [0.15, 0.2) is 30.3 Å². The third-order valence-electron chi connectivity index (χ3n) is 3.82. The van der Waals surface area contributed by atoms with E-state index in [9.17, 15) is 5.02 Å². The standard InChI is InChI=1S/C14H21BINO2/c1-14(2,9-10-16)15(18)17(3)13-12(19-13)11-7-5-4-6-8-11/h4-8,12-13,18H,9-10H2,1-3H3. The average Bonchev–Trinajstić information content (AvgIpc) is 3.18. The molecule has 0 aliphatic carbocycles. The minimum absolute atomic E-state index is 0.00844. The topological polar surface area (TPSA) is 36.0 Å². The Morgan fingerprint density at radius 1 is 1.37 bits per heavy atom. The van der Waals surface area contributed by atoms with Crippen molar-refractivity contribution in [3.05, 3.63) is 35.9 Å². The number of epoxide rings is 1. The molecule has 2 atom stereocenters. The van der Waals surface area contributed by atoms with E-state index in [2.05, 4.69) is 48.6 Å². The zero-order valence-corrected chi connectivity index (χ0v) is 13.9. The first-order chi connectivity index (χ1) is 8.97. The number of rotatable bonds is 6. The number of benzene rings is 1. The molecule has 1 aliphatic heterocycles. The van der Waals surface area contributed by atoms with Crippen molar-refractivity contribution in [2.24, 2.45) is 0 Å². The summed E-state index contributed by atoms with van der Waals surface area (Å²) in [7, 11) is 1.45. The Balaban J connectivity index is 1.97. The van der Waals surface area contributed by atoms with Gasteiger partial charge in [-0.25, -0.2) is 0 Å². The van der Waals surface area contributed by atoms with Crippen LogP contribution in [0.4, 0.5) is 0 Å². The normalized spacial score (nSPS) is 22.6. The van der Waals surface area contributed by atoms with E-state index in [0.29, 0.717) is 0 Å². The third kappa shape index (κ3) is 3.51. The monoisotopic (exact) mass is 373 g/mol. The number of halogens is 1. The van der Waals surface area contributed by atoms with Gasteiger partial charge in [-0.1, -0.05) is 66.8 Å². The molecule has 1 N–H and O–H groups in total. The van der Waals surface area contributed by atoms with E-state index >= 15 is 0 Å². The van der Waals surface area contributed by atoms with E-state index in [-0.39, 0.29) is 17.6 Å². The Morgan fingerprint density at radius 3 is 2.58 bits per heavy atom. The lowest BCUT2D eigenvalue weighted by molar-refractivity contribution is 0.255. The first-order valence-electron chi connectivity index (χ1n) is 6.64. The van der Waals surface area contributed by atoms with Crippen molar-refractivity contribution in [1.29, 1.82) is 0 Å². The van der Waals surface area contributed by atoms with Crippen molar-refractivity contribution in [2.75, 3.05) is 11.5 Å². The Morgan fingerprint density at radius 2 is 2.00 bits per heavy atom. The van der Waals surface area contributed by atoms with Gasteiger partial charge in [0.1, 0.15) is 12.3 Å². The maximum absolute atomic E-state index is 10.5. The summed E-state index contributed by atoms with van der Waals surface area (Å²) in [5, 5.41) is 10.4. The number of nitrogens with zero attached hydrogens (tertiary/aromatic N) is 1. The molecule has 0 bridgehead atoms. The largest absolute Gasteiger partial charge is 0.437 e. The van der Waals surface area contributed by atoms with Crippen LogP contribution in [0.2, 0.25) is 5.31 Å². The molecule has 104 valence electrons. The Labute approximate surface area is 129 Å². The highest BCUT2D eigenvalue weighted by Gasteiger charge is 2.49. The summed E-state index contributed by atoms with van der Waals surface area (Å²) in [6, 6.07) is 10.2. The Hall–Kier alpha value is -0.105. The predicted octanol–water partition coefficient (Wildman–Crippen LogP) is 3.10. The van der Waals surface area contributed by atoms with Crippen LogP contribution in [-0.2, 0) is 4.74 Å². The summed E-state index contributed by atoms with van der Waals surface area (Å²) < 4.78 is 6.77. The van der Waals surface area contributed by atoms with Crippen LogP contribution >= 0.6 is 22.6 Å². The molecule has 19 heavy (non-hydrogen) atoms. The van der Waals surface area contributed by atoms with Gasteiger partial charge in [-0.15, -0.1) is 0 Å². The maximum atomic E-state index is 10.5. The minimum atomic E-state index is -0.485. The molecule has 5 heteroatoms. The molecule has 0 saturated carbocycles. The second-order valence-corrected chi connectivity index (χ2v) is 6.90. The van der Waals surface area contributed by atoms with Gasteiger partial charge < -0.3 is 9.76 Å². The highest BCUT2D eigenvalue weighted by atomic mass is 127. The quantitative estimate of drug-likeness (QED) is 0.360. The van der Waals surface area contributed by atoms with E-state index in [4.69, 9.17) is 4.74 Å². The maximum Gasteiger partial charge on any atom is 0.387 e. The van der Waals surface area contributed by atoms with E-state index < -0.39 is 7.05 Å². The molecule has 1 fully saturated rings. The van der Waals surface area contributed by atoms with Crippen LogP contribution in [-0.4, -0.2) is 34.6 Å². The van der Waals surface area contributed by atoms with Gasteiger partial charge in [-0.3, -0.25) is 4.81 Å². The number of hydrogen-bond donors (Lipinski definition) is 1. The number of alkyl halides is 1. The zero-order chi connectivity index (χ0) is 14.0. The molecule has 0 aromatic heterocycles. The van der Waals surface area contributed by atoms with Crippen molar-refractivity contribution in [3.63, 3.8) is 0 Å². The Bertz CT molecular complexity index is 415. The highest BCUT2D eigenvalue weighted by molar-refractivity contribution is 14.1. The van der Waals surface area contributed by atoms with Crippen LogP contribution in [0.5, 0.6) is 0 Å². The summed E-state index contributed by atoms with van der Waals surface area (Å²) in [6.45, 7) is 4.21. The van der Waals surface area contributed by atoms with Gasteiger partial charge in [0.15, 0.2) is 0 Å². The van der Waals surface area contributed by atoms with Crippen molar-refractivity contribution < 1.29 is 9.76 Å². The van der Waals surface area contributed by atoms with Crippen LogP contribution in [0.3, 0.4) is 0 Å². The van der Waals surface area contributed by atoms with Crippen LogP contribution in [0, 0.1) is 0 Å². The van der Waals surface area contributed by atoms with Gasteiger partial charge in [-0.2, -0.15) is 0 Å². The molecule has 1 aromatic carbocycles. The van der Waals surface area contributed by atoms with E-state index in [0.717, 1.165) is 10.8 Å². The molecule has 3 nitrogen and oxygen atoms in total. The van der Waals surface area contributed by atoms with Gasteiger partial charge in [0.25, 0.3) is 0 Å². The molecule has 0 radical (unpaired) electrons. The lowest BCUT2D eigenvalue weighted by atomic mass is 9.53. The molecule has 1 aliphatic rings. The summed E-state index contributed by atoms with van der Waals surface area (Å²) in [5.41, 5.74) is 1.18. The lowest BCUT2D eigenvalue weighted by Crippen LogP contribution is -2.46. The van der Waals surface area contributed by atoms with Gasteiger partial charge >= 0.3 is 7.05 Å². The molecule has 1 saturated heterocycles. The van der Waals surface area contributed by atoms with E-state index in [1.807, 2.05) is 30.1 Å². The molecule has 2 unspecified atom stereocenters. The lowest BCUT2D eigenvalue weighted by Gasteiger charge is -2.31. The SMILES string of the molecule is CN(B(O)C(C)(C)CCI)C1OC1c1ccccc1. The fraction of sp³-hybridized carbons (Fsp3) is 0.571. The molecule has 1 aromatic rings. The van der Waals surface area contributed by atoms with E-state index in [1.165, 1.54) is 5.56 Å². The summed E-state index contributed by atoms with van der Waals surface area (Å²) >= 11 is 2.35. The van der Waals surface area contributed by atoms with Crippen LogP contribution in [0.25, 0.3) is 0 Å². The van der Waals surface area contributed by atoms with Gasteiger partial charge in [0, 0.05) is 0 Å². The number of ether oxygens (including phenoxy) is 1. The van der Waals surface area contributed by atoms with Crippen molar-refractivity contribution in [1.82, 2.24) is 4.81 Å². The highest BCUT2D eigenvalue weighted by Crippen LogP contribution is 2.43. The number of likely N-dealkylation sites (N-methyl/N-ethyl adjacent to an activating group) is 1. The zero-order valence-electron chi connectivity index (χ0n) is 11.7. The minimum Gasteiger partial charge on any atom is -0.437 e. The fourth-order valence-corrected chi connectivity index (χ4v) is 3.75. The van der Waals surface area contributed by atoms with Gasteiger partial charge in [-0.05, 0) is 28.8 Å². The van der Waals surface area contributed by atoms with Crippen molar-refractivity contribution in [2.45, 2.75) is 37.9 Å². The second kappa shape index (κ2) is 6.12.